The fourth-order valence-electron chi connectivity index (χ4n) is 4.44. The van der Waals surface area contributed by atoms with E-state index in [0.717, 1.165) is 5.56 Å². The summed E-state index contributed by atoms with van der Waals surface area (Å²) >= 11 is 0. The molecule has 194 valence electrons. The van der Waals surface area contributed by atoms with Crippen LogP contribution in [0.1, 0.15) is 47.1 Å². The van der Waals surface area contributed by atoms with Crippen molar-refractivity contribution in [1.82, 2.24) is 9.80 Å². The Bertz CT molecular complexity index is 1100. The van der Waals surface area contributed by atoms with Crippen LogP contribution in [0.3, 0.4) is 0 Å². The molecule has 9 heteroatoms. The number of methoxy groups -OCH3 is 1. The second-order valence-corrected chi connectivity index (χ2v) is 9.38. The Morgan fingerprint density at radius 1 is 1.17 bits per heavy atom. The fraction of sp³-hybridized carbons (Fsp3) is 0.444. The van der Waals surface area contributed by atoms with Crippen LogP contribution in [-0.2, 0) is 16.1 Å². The van der Waals surface area contributed by atoms with Crippen LogP contribution >= 0.6 is 0 Å². The van der Waals surface area contributed by atoms with Gasteiger partial charge < -0.3 is 24.8 Å². The predicted molar refractivity (Wildman–Crippen MR) is 136 cm³/mol. The molecule has 36 heavy (non-hydrogen) atoms. The maximum Gasteiger partial charge on any atom is 0.336 e. The fourth-order valence-corrected chi connectivity index (χ4v) is 4.44. The van der Waals surface area contributed by atoms with E-state index in [0.29, 0.717) is 36.6 Å². The van der Waals surface area contributed by atoms with E-state index in [-0.39, 0.29) is 42.0 Å². The van der Waals surface area contributed by atoms with E-state index in [4.69, 9.17) is 9.47 Å². The molecule has 3 rings (SSSR count). The average Bonchev–Trinajstić information content (AvgIpc) is 2.84. The van der Waals surface area contributed by atoms with Crippen LogP contribution in [0.5, 0.6) is 5.75 Å². The van der Waals surface area contributed by atoms with Gasteiger partial charge in [0.15, 0.2) is 0 Å². The summed E-state index contributed by atoms with van der Waals surface area (Å²) in [6.07, 6.45) is -0.245. The molecule has 0 unspecified atom stereocenters. The lowest BCUT2D eigenvalue weighted by Gasteiger charge is -2.36. The van der Waals surface area contributed by atoms with Crippen LogP contribution in [0, 0.1) is 5.92 Å². The van der Waals surface area contributed by atoms with Crippen molar-refractivity contribution in [2.75, 3.05) is 39.2 Å². The number of nitrogens with one attached hydrogen (secondary N) is 1. The van der Waals surface area contributed by atoms with E-state index in [1.807, 2.05) is 19.1 Å². The van der Waals surface area contributed by atoms with Crippen LogP contribution in [0.25, 0.3) is 0 Å². The molecule has 2 aromatic rings. The van der Waals surface area contributed by atoms with Gasteiger partial charge in [-0.25, -0.2) is 4.79 Å². The monoisotopic (exact) mass is 497 g/mol. The first-order valence-electron chi connectivity index (χ1n) is 12.0. The number of carbonyl (C=O) groups is 3. The van der Waals surface area contributed by atoms with Crippen LogP contribution in [0.2, 0.25) is 0 Å². The van der Waals surface area contributed by atoms with Gasteiger partial charge in [0.25, 0.3) is 5.91 Å². The van der Waals surface area contributed by atoms with E-state index in [1.54, 1.807) is 49.4 Å². The van der Waals surface area contributed by atoms with Crippen molar-refractivity contribution < 1.29 is 29.0 Å². The van der Waals surface area contributed by atoms with Gasteiger partial charge in [0, 0.05) is 52.4 Å². The summed E-state index contributed by atoms with van der Waals surface area (Å²) in [6, 6.07) is 11.9. The number of benzene rings is 2. The number of fused-ring (bicyclic) bond motifs is 1. The lowest BCUT2D eigenvalue weighted by molar-refractivity contribution is -0.114. The molecule has 0 saturated carbocycles. The first kappa shape index (κ1) is 27.2. The van der Waals surface area contributed by atoms with E-state index >= 15 is 0 Å². The molecule has 0 aliphatic carbocycles. The summed E-state index contributed by atoms with van der Waals surface area (Å²) < 4.78 is 11.9. The standard InChI is InChI=1S/C27H35N3O6/c1-17-13-30(14-20-8-6-7-9-22(20)27(33)34)18(2)16-36-24-11-10-21(28-19(3)31)12-23(24)26(32)29(4)15-25(17)35-5/h6-12,17-18,25H,13-16H2,1-5H3,(H,28,31)(H,33,34)/t17-,18-,25+/m0/s1. The van der Waals surface area contributed by atoms with E-state index < -0.39 is 5.97 Å². The molecule has 9 nitrogen and oxygen atoms in total. The number of carbonyl (C=O) groups excluding carboxylic acids is 2. The molecule has 3 atom stereocenters. The Labute approximate surface area is 212 Å². The maximum atomic E-state index is 13.4. The number of hydrogen-bond donors (Lipinski definition) is 2. The maximum absolute atomic E-state index is 13.4. The molecule has 0 radical (unpaired) electrons. The molecule has 1 aliphatic rings. The highest BCUT2D eigenvalue weighted by Crippen LogP contribution is 2.27. The van der Waals surface area contributed by atoms with Gasteiger partial charge in [-0.05, 0) is 42.7 Å². The van der Waals surface area contributed by atoms with Gasteiger partial charge >= 0.3 is 5.97 Å². The van der Waals surface area contributed by atoms with Gasteiger partial charge in [-0.15, -0.1) is 0 Å². The van der Waals surface area contributed by atoms with Gasteiger partial charge in [0.05, 0.1) is 17.2 Å². The van der Waals surface area contributed by atoms with Crippen molar-refractivity contribution in [2.45, 2.75) is 39.5 Å². The minimum absolute atomic E-state index is 0.0364. The number of amides is 2. The molecule has 2 N–H and O–H groups in total. The van der Waals surface area contributed by atoms with Crippen LogP contribution in [0.4, 0.5) is 5.69 Å². The van der Waals surface area contributed by atoms with E-state index in [2.05, 4.69) is 17.1 Å². The van der Waals surface area contributed by atoms with Crippen molar-refractivity contribution in [2.24, 2.45) is 5.92 Å². The Kier molecular flexibility index (Phi) is 9.06. The summed E-state index contributed by atoms with van der Waals surface area (Å²) in [5.74, 6) is -0.970. The number of likely N-dealkylation sites (N-methyl/N-ethyl adjacent to an activating group) is 1. The number of aromatic carboxylic acids is 1. The highest BCUT2D eigenvalue weighted by Gasteiger charge is 2.29. The Balaban J connectivity index is 1.98. The summed E-state index contributed by atoms with van der Waals surface area (Å²) in [7, 11) is 3.34. The number of nitrogens with zero attached hydrogens (tertiary/aromatic N) is 2. The third kappa shape index (κ3) is 6.61. The molecule has 1 heterocycles. The van der Waals surface area contributed by atoms with Crippen molar-refractivity contribution in [1.29, 1.82) is 0 Å². The zero-order chi connectivity index (χ0) is 26.4. The highest BCUT2D eigenvalue weighted by atomic mass is 16.5. The molecule has 2 amide bonds. The third-order valence-electron chi connectivity index (χ3n) is 6.52. The highest BCUT2D eigenvalue weighted by molar-refractivity contribution is 5.99. The SMILES string of the molecule is CO[C@@H]1CN(C)C(=O)c2cc(NC(C)=O)ccc2OC[C@H](C)N(Cc2ccccc2C(=O)O)C[C@@H]1C. The minimum Gasteiger partial charge on any atom is -0.491 e. The molecule has 2 aromatic carbocycles. The zero-order valence-corrected chi connectivity index (χ0v) is 21.5. The summed E-state index contributed by atoms with van der Waals surface area (Å²) in [6.45, 7) is 7.17. The molecule has 0 bridgehead atoms. The van der Waals surface area contributed by atoms with Crippen molar-refractivity contribution in [3.63, 3.8) is 0 Å². The van der Waals surface area contributed by atoms with E-state index in [9.17, 15) is 19.5 Å². The quantitative estimate of drug-likeness (QED) is 0.652. The first-order valence-corrected chi connectivity index (χ1v) is 12.0. The van der Waals surface area contributed by atoms with Gasteiger partial charge in [0.2, 0.25) is 5.91 Å². The summed E-state index contributed by atoms with van der Waals surface area (Å²) in [4.78, 5) is 40.5. The number of rotatable bonds is 5. The van der Waals surface area contributed by atoms with Gasteiger partial charge in [-0.2, -0.15) is 0 Å². The number of carboxylic acids is 1. The van der Waals surface area contributed by atoms with Crippen LogP contribution < -0.4 is 10.1 Å². The molecule has 0 spiro atoms. The van der Waals surface area contributed by atoms with Gasteiger partial charge in [-0.3, -0.25) is 14.5 Å². The van der Waals surface area contributed by atoms with Crippen molar-refractivity contribution in [3.05, 3.63) is 59.2 Å². The lowest BCUT2D eigenvalue weighted by Crippen LogP contribution is -2.46. The molecular formula is C27H35N3O6. The zero-order valence-electron chi connectivity index (χ0n) is 21.5. The Morgan fingerprint density at radius 2 is 1.89 bits per heavy atom. The van der Waals surface area contributed by atoms with Gasteiger partial charge in [0.1, 0.15) is 12.4 Å². The largest absolute Gasteiger partial charge is 0.491 e. The smallest absolute Gasteiger partial charge is 0.336 e. The average molecular weight is 498 g/mol. The number of ether oxygens (including phenoxy) is 2. The minimum atomic E-state index is -0.962. The molecule has 0 saturated heterocycles. The predicted octanol–water partition coefficient (Wildman–Crippen LogP) is 3.35. The number of carboxylic acid groups (broad SMARTS) is 1. The van der Waals surface area contributed by atoms with Crippen molar-refractivity contribution in [3.8, 4) is 5.75 Å². The Morgan fingerprint density at radius 3 is 2.56 bits per heavy atom. The normalized spacial score (nSPS) is 21.5. The van der Waals surface area contributed by atoms with Crippen LogP contribution in [0.15, 0.2) is 42.5 Å². The Hall–Kier alpha value is -3.43. The molecular weight excluding hydrogens is 462 g/mol. The topological polar surface area (TPSA) is 108 Å². The number of anilines is 1. The van der Waals surface area contributed by atoms with Crippen molar-refractivity contribution >= 4 is 23.5 Å². The van der Waals surface area contributed by atoms with E-state index in [1.165, 1.54) is 6.92 Å². The van der Waals surface area contributed by atoms with Crippen LogP contribution in [-0.4, -0.2) is 78.7 Å². The first-order chi connectivity index (χ1) is 17.1. The second kappa shape index (κ2) is 12.0. The van der Waals surface area contributed by atoms with Gasteiger partial charge in [-0.1, -0.05) is 25.1 Å². The summed E-state index contributed by atoms with van der Waals surface area (Å²) in [5.41, 5.74) is 1.85. The molecule has 1 aliphatic heterocycles. The second-order valence-electron chi connectivity index (χ2n) is 9.38. The number of hydrogen-bond acceptors (Lipinski definition) is 6. The third-order valence-corrected chi connectivity index (χ3v) is 6.52. The molecule has 0 fully saturated rings. The molecule has 0 aromatic heterocycles. The summed E-state index contributed by atoms with van der Waals surface area (Å²) in [5, 5.41) is 12.4. The lowest BCUT2D eigenvalue weighted by atomic mass is 10.00.